The minimum absolute atomic E-state index is 0.455. The van der Waals surface area contributed by atoms with Gasteiger partial charge in [0.05, 0.1) is 5.60 Å². The molecule has 0 unspecified atom stereocenters. The maximum Gasteiger partial charge on any atom is 0.0715 e. The van der Waals surface area contributed by atoms with Gasteiger partial charge >= 0.3 is 0 Å². The summed E-state index contributed by atoms with van der Waals surface area (Å²) in [6.07, 6.45) is 0. The number of rotatable bonds is 3. The van der Waals surface area contributed by atoms with Crippen molar-refractivity contribution < 1.29 is 5.11 Å². The van der Waals surface area contributed by atoms with Crippen LogP contribution in [0.1, 0.15) is 27.7 Å². The van der Waals surface area contributed by atoms with Crippen LogP contribution in [0.5, 0.6) is 0 Å². The van der Waals surface area contributed by atoms with Gasteiger partial charge in [0.1, 0.15) is 0 Å². The molecule has 0 rings (SSSR count). The summed E-state index contributed by atoms with van der Waals surface area (Å²) < 4.78 is 0. The molecule has 56 valence electrons. The SMILES string of the molecule is CC(C)NCC(C)(C)O. The van der Waals surface area contributed by atoms with E-state index in [0.29, 0.717) is 12.6 Å². The van der Waals surface area contributed by atoms with E-state index in [0.717, 1.165) is 0 Å². The predicted molar refractivity (Wildman–Crippen MR) is 39.4 cm³/mol. The molecule has 0 fully saturated rings. The Kier molecular flexibility index (Phi) is 3.15. The lowest BCUT2D eigenvalue weighted by Gasteiger charge is -2.19. The van der Waals surface area contributed by atoms with Crippen LogP contribution in [0.4, 0.5) is 0 Å². The van der Waals surface area contributed by atoms with E-state index in [4.69, 9.17) is 0 Å². The Balaban J connectivity index is 3.28. The molecule has 0 aromatic heterocycles. The molecular formula is C7H17NO. The normalized spacial score (nSPS) is 12.7. The highest BCUT2D eigenvalue weighted by Gasteiger charge is 2.11. The molecule has 0 atom stereocenters. The molecule has 2 heteroatoms. The first kappa shape index (κ1) is 8.92. The average molecular weight is 131 g/mol. The standard InChI is InChI=1S/C7H17NO/c1-6(2)8-5-7(3,4)9/h6,8-9H,5H2,1-4H3. The summed E-state index contributed by atoms with van der Waals surface area (Å²) in [6.45, 7) is 8.37. The highest BCUT2D eigenvalue weighted by molar-refractivity contribution is 4.69. The van der Waals surface area contributed by atoms with Gasteiger partial charge in [-0.05, 0) is 13.8 Å². The van der Waals surface area contributed by atoms with Crippen molar-refractivity contribution in [3.63, 3.8) is 0 Å². The molecule has 0 aliphatic heterocycles. The fraction of sp³-hybridized carbons (Fsp3) is 1.00. The minimum atomic E-state index is -0.579. The van der Waals surface area contributed by atoms with Crippen LogP contribution in [0, 0.1) is 0 Å². The maximum atomic E-state index is 9.20. The summed E-state index contributed by atoms with van der Waals surface area (Å²) in [7, 11) is 0. The molecule has 0 radical (unpaired) electrons. The van der Waals surface area contributed by atoms with Gasteiger partial charge in [-0.2, -0.15) is 0 Å². The second kappa shape index (κ2) is 3.18. The van der Waals surface area contributed by atoms with Crippen molar-refractivity contribution in [3.05, 3.63) is 0 Å². The van der Waals surface area contributed by atoms with Gasteiger partial charge < -0.3 is 10.4 Å². The van der Waals surface area contributed by atoms with Crippen molar-refractivity contribution >= 4 is 0 Å². The van der Waals surface area contributed by atoms with Gasteiger partial charge in [0.2, 0.25) is 0 Å². The molecule has 0 bridgehead atoms. The second-order valence-corrected chi connectivity index (χ2v) is 3.35. The molecule has 0 aliphatic carbocycles. The smallest absolute Gasteiger partial charge is 0.0715 e. The Morgan fingerprint density at radius 2 is 1.89 bits per heavy atom. The number of hydrogen-bond acceptors (Lipinski definition) is 2. The van der Waals surface area contributed by atoms with Crippen molar-refractivity contribution in [1.29, 1.82) is 0 Å². The van der Waals surface area contributed by atoms with Gasteiger partial charge in [-0.1, -0.05) is 13.8 Å². The Morgan fingerprint density at radius 1 is 1.44 bits per heavy atom. The number of hydrogen-bond donors (Lipinski definition) is 2. The van der Waals surface area contributed by atoms with Gasteiger partial charge in [0.15, 0.2) is 0 Å². The van der Waals surface area contributed by atoms with Crippen LogP contribution in [-0.2, 0) is 0 Å². The third-order valence-corrected chi connectivity index (χ3v) is 0.943. The van der Waals surface area contributed by atoms with E-state index in [1.54, 1.807) is 13.8 Å². The first-order valence-corrected chi connectivity index (χ1v) is 3.37. The fourth-order valence-corrected chi connectivity index (χ4v) is 0.454. The van der Waals surface area contributed by atoms with Gasteiger partial charge in [0.25, 0.3) is 0 Å². The molecular weight excluding hydrogens is 114 g/mol. The zero-order valence-corrected chi connectivity index (χ0v) is 6.73. The van der Waals surface area contributed by atoms with Crippen LogP contribution in [-0.4, -0.2) is 23.3 Å². The van der Waals surface area contributed by atoms with E-state index in [9.17, 15) is 5.11 Å². The van der Waals surface area contributed by atoms with E-state index in [1.165, 1.54) is 0 Å². The maximum absolute atomic E-state index is 9.20. The third-order valence-electron chi connectivity index (χ3n) is 0.943. The molecule has 0 saturated carbocycles. The van der Waals surface area contributed by atoms with Crippen LogP contribution in [0.15, 0.2) is 0 Å². The third kappa shape index (κ3) is 7.92. The van der Waals surface area contributed by atoms with Crippen LogP contribution in [0.25, 0.3) is 0 Å². The van der Waals surface area contributed by atoms with Crippen LogP contribution >= 0.6 is 0 Å². The van der Waals surface area contributed by atoms with E-state index in [-0.39, 0.29) is 0 Å². The fourth-order valence-electron chi connectivity index (χ4n) is 0.454. The van der Waals surface area contributed by atoms with Crippen molar-refractivity contribution in [2.75, 3.05) is 6.54 Å². The van der Waals surface area contributed by atoms with Gasteiger partial charge in [-0.3, -0.25) is 0 Å². The largest absolute Gasteiger partial charge is 0.389 e. The molecule has 9 heavy (non-hydrogen) atoms. The van der Waals surface area contributed by atoms with Crippen molar-refractivity contribution in [1.82, 2.24) is 5.32 Å². The number of aliphatic hydroxyl groups is 1. The summed E-state index contributed by atoms with van der Waals surface area (Å²) in [5.41, 5.74) is -0.579. The van der Waals surface area contributed by atoms with Crippen molar-refractivity contribution in [2.45, 2.75) is 39.3 Å². The van der Waals surface area contributed by atoms with Gasteiger partial charge in [-0.25, -0.2) is 0 Å². The van der Waals surface area contributed by atoms with Crippen LogP contribution < -0.4 is 5.32 Å². The molecule has 2 nitrogen and oxygen atoms in total. The second-order valence-electron chi connectivity index (χ2n) is 3.35. The first-order chi connectivity index (χ1) is 3.92. The Hall–Kier alpha value is -0.0800. The summed E-state index contributed by atoms with van der Waals surface area (Å²) in [5.74, 6) is 0. The van der Waals surface area contributed by atoms with Crippen LogP contribution in [0.2, 0.25) is 0 Å². The lowest BCUT2D eigenvalue weighted by Crippen LogP contribution is -2.38. The van der Waals surface area contributed by atoms with E-state index in [2.05, 4.69) is 19.2 Å². The summed E-state index contributed by atoms with van der Waals surface area (Å²) in [5, 5.41) is 12.3. The zero-order valence-electron chi connectivity index (χ0n) is 6.73. The van der Waals surface area contributed by atoms with Crippen molar-refractivity contribution in [2.24, 2.45) is 0 Å². The molecule has 0 aromatic carbocycles. The molecule has 0 spiro atoms. The van der Waals surface area contributed by atoms with Gasteiger partial charge in [0, 0.05) is 12.6 Å². The molecule has 0 aromatic rings. The molecule has 0 amide bonds. The first-order valence-electron chi connectivity index (χ1n) is 3.37. The molecule has 0 aliphatic rings. The quantitative estimate of drug-likeness (QED) is 0.592. The van der Waals surface area contributed by atoms with Crippen LogP contribution in [0.3, 0.4) is 0 Å². The predicted octanol–water partition coefficient (Wildman–Crippen LogP) is 0.755. The lowest BCUT2D eigenvalue weighted by atomic mass is 10.1. The molecule has 2 N–H and O–H groups in total. The highest BCUT2D eigenvalue weighted by Crippen LogP contribution is 1.97. The lowest BCUT2D eigenvalue weighted by molar-refractivity contribution is 0.0776. The average Bonchev–Trinajstić information content (AvgIpc) is 1.59. The molecule has 0 heterocycles. The Labute approximate surface area is 57.3 Å². The Morgan fingerprint density at radius 3 is 2.00 bits per heavy atom. The topological polar surface area (TPSA) is 32.3 Å². The van der Waals surface area contributed by atoms with E-state index in [1.807, 2.05) is 0 Å². The van der Waals surface area contributed by atoms with Crippen molar-refractivity contribution in [3.8, 4) is 0 Å². The Bertz CT molecular complexity index is 73.5. The summed E-state index contributed by atoms with van der Waals surface area (Å²) in [4.78, 5) is 0. The monoisotopic (exact) mass is 131 g/mol. The zero-order chi connectivity index (χ0) is 7.49. The highest BCUT2D eigenvalue weighted by atomic mass is 16.3. The number of nitrogens with one attached hydrogen (secondary N) is 1. The van der Waals surface area contributed by atoms with Gasteiger partial charge in [-0.15, -0.1) is 0 Å². The summed E-state index contributed by atoms with van der Waals surface area (Å²) in [6, 6.07) is 0.455. The van der Waals surface area contributed by atoms with E-state index < -0.39 is 5.60 Å². The van der Waals surface area contributed by atoms with E-state index >= 15 is 0 Å². The molecule has 0 saturated heterocycles. The summed E-state index contributed by atoms with van der Waals surface area (Å²) >= 11 is 0. The minimum Gasteiger partial charge on any atom is -0.389 e.